The summed E-state index contributed by atoms with van der Waals surface area (Å²) >= 11 is 0. The molecule has 11 fully saturated rings. The van der Waals surface area contributed by atoms with Gasteiger partial charge in [0.05, 0.1) is 108 Å². The number of carboxylic acids is 2. The third-order valence-electron chi connectivity index (χ3n) is 30.2. The molecule has 4 saturated carbocycles. The zero-order valence-electron chi connectivity index (χ0n) is 74.9. The molecule has 44 heteroatoms. The van der Waals surface area contributed by atoms with Gasteiger partial charge >= 0.3 is 29.8 Å². The molecule has 0 bridgehead atoms. The molecular weight excluding hydrogens is 1750 g/mol. The van der Waals surface area contributed by atoms with Gasteiger partial charge in [-0.15, -0.1) is 0 Å². The van der Waals surface area contributed by atoms with E-state index in [1.165, 1.54) is 67.2 Å². The second-order valence-corrected chi connectivity index (χ2v) is 39.2. The number of hydrogen-bond acceptors (Lipinski definition) is 42. The molecule has 0 spiro atoms. The van der Waals surface area contributed by atoms with Crippen molar-refractivity contribution < 1.29 is 216 Å². The van der Waals surface area contributed by atoms with E-state index in [4.69, 9.17) is 90.0 Å². The van der Waals surface area contributed by atoms with Crippen molar-refractivity contribution in [3.63, 3.8) is 0 Å². The topological polar surface area (TPSA) is 665 Å². The maximum Gasteiger partial charge on any atom is 0.331 e. The Balaban J connectivity index is 0.877. The first-order valence-electron chi connectivity index (χ1n) is 44.3. The number of carbonyl (C=O) groups is 5. The van der Waals surface area contributed by atoms with E-state index in [9.17, 15) is 121 Å². The number of carbonyl (C=O) groups excluding carboxylic acids is 3. The molecule has 44 nitrogen and oxygen atoms in total. The van der Waals surface area contributed by atoms with Crippen LogP contribution in [0.3, 0.4) is 0 Å². The summed E-state index contributed by atoms with van der Waals surface area (Å²) in [5, 5.41) is 226. The quantitative estimate of drug-likeness (QED) is 0.0119. The molecule has 42 atom stereocenters. The summed E-state index contributed by atoms with van der Waals surface area (Å²) in [7, 11) is 4.11. The van der Waals surface area contributed by atoms with Gasteiger partial charge in [0.15, 0.2) is 67.0 Å². The van der Waals surface area contributed by atoms with Gasteiger partial charge in [0.25, 0.3) is 0 Å². The van der Waals surface area contributed by atoms with Crippen LogP contribution in [0.4, 0.5) is 0 Å². The molecule has 131 heavy (non-hydrogen) atoms. The highest BCUT2D eigenvalue weighted by molar-refractivity contribution is 5.87. The molecule has 1 unspecified atom stereocenters. The molecule has 20 N–H and O–H groups in total. The van der Waals surface area contributed by atoms with Gasteiger partial charge < -0.3 is 192 Å². The minimum absolute atomic E-state index is 0.0113. The first-order valence-corrected chi connectivity index (χ1v) is 44.3. The first-order chi connectivity index (χ1) is 61.5. The summed E-state index contributed by atoms with van der Waals surface area (Å²) in [4.78, 5) is 70.5. The average Bonchev–Trinajstić information content (AvgIpc) is 0.899. The number of ether oxygens (including phenoxy) is 19. The number of benzene rings is 1. The van der Waals surface area contributed by atoms with Gasteiger partial charge in [0, 0.05) is 11.5 Å². The summed E-state index contributed by atoms with van der Waals surface area (Å²) < 4.78 is 116. The maximum atomic E-state index is 16.8. The van der Waals surface area contributed by atoms with Gasteiger partial charge in [0.1, 0.15) is 123 Å². The van der Waals surface area contributed by atoms with Crippen molar-refractivity contribution in [3.05, 3.63) is 35.4 Å². The average molecular weight is 1880 g/mol. The second kappa shape index (κ2) is 39.6. The van der Waals surface area contributed by atoms with E-state index < -0.39 is 340 Å². The molecule has 1 aromatic rings. The van der Waals surface area contributed by atoms with Crippen molar-refractivity contribution in [2.75, 3.05) is 61.0 Å². The minimum atomic E-state index is -2.61. The zero-order chi connectivity index (χ0) is 96.0. The summed E-state index contributed by atoms with van der Waals surface area (Å²) in [6.07, 6.45) is -56.8. The lowest BCUT2D eigenvalue weighted by Gasteiger charge is -2.71. The SMILES string of the molecule is COc1cc(/C=C/C(=O)O[C@@H]2[C@H](O[C@@H]3O[C@@H](C)[C@H](O)[C@@H](O)[C@H]3O)[C@@H](O[C@@H]3O[C@@H](C)[C@H](O[C@@H]4OC[C@@H](O)[C@H](O[C@@H]5OC[C@H](O)[C@H](O)[C@H]5O)[C@H]4O)[C@@H](O[C@@H]4OC[C@](O)(COC(=O)CC(C)(O)CC(=O)O)[C@H]4O)[C@H]3O)[C@H](OC(=O)[C@]34CCC(C)(C)C[C@H]3C3=CC[C@@H]5[C@@]6(C)C[C@H](O)[C@H](O[C@@H]7O[C@H](CO)[C@@H](O)[C@H](O)[C@H]7O)[C@@](C)(C(=O)O)[C@@H]6CC[C@@]5(C)[C@]3(CO)CC4)O[C@@H]2C)cc(OC)c1OC. The van der Waals surface area contributed by atoms with Gasteiger partial charge in [-0.25, -0.2) is 4.79 Å². The van der Waals surface area contributed by atoms with E-state index in [1.807, 2.05) is 33.8 Å². The summed E-state index contributed by atoms with van der Waals surface area (Å²) in [6.45, 7) is 9.88. The Morgan fingerprint density at radius 1 is 0.542 bits per heavy atom. The number of carboxylic acid groups (broad SMARTS) is 2. The van der Waals surface area contributed by atoms with Crippen LogP contribution in [0, 0.1) is 50.2 Å². The predicted molar refractivity (Wildman–Crippen MR) is 434 cm³/mol. The van der Waals surface area contributed by atoms with E-state index in [-0.39, 0.29) is 68.6 Å². The highest BCUT2D eigenvalue weighted by atomic mass is 16.8. The van der Waals surface area contributed by atoms with E-state index in [0.29, 0.717) is 17.6 Å². The van der Waals surface area contributed by atoms with E-state index >= 15 is 4.79 Å². The Kier molecular flexibility index (Phi) is 31.0. The highest BCUT2D eigenvalue weighted by Crippen LogP contribution is 2.76. The van der Waals surface area contributed by atoms with Crippen molar-refractivity contribution in [1.29, 1.82) is 0 Å². The minimum Gasteiger partial charge on any atom is -0.493 e. The molecular formula is C87H130O44. The van der Waals surface area contributed by atoms with Gasteiger partial charge in [0.2, 0.25) is 12.0 Å². The van der Waals surface area contributed by atoms with Crippen molar-refractivity contribution in [2.45, 2.75) is 341 Å². The standard InChI is InChI=1S/C87H130O44/c1-35-52(97)55(100)58(103)73(120-35)128-67-63(124-50(95)16-13-38-23-44(113-10)65(115-12)45(24-38)114-11)37(3)122-76(68(67)129-75-61(106)66(127-77-69(107)87(112,34-119-77)33-118-51(96)28-81(6,111)27-49(93)94)62(36(2)121-75)125-72-60(105)64(43(92)31-117-72)126-71-57(102)53(98)42(91)30-116-71)131-79(110)85-20-19-80(4,5)25-40(85)39-14-15-47-82(7)26-41(90)70(130-74-59(104)56(101)54(99)46(29-88)123-74)84(9,78(108)109)48(82)17-18-83(47,8)86(39,32-89)22-21-85/h13-14,16,23-24,35-37,40-43,46-48,52-64,66-77,88-92,97-107,111-112H,15,17-22,25-34H2,1-12H3,(H,93,94)(H,108,109)/b16-13+/t35-,36-,37+,40-,41-,42-,43+,46+,47+,48+,52-,53-,54+,55+,56-,57+,58+,59+,60+,61+,62-,63-,64-,66-,67-,68+,69-,70-,71-,72-,73-,74-,75-,76-,77-,81?,82+,83+,84-,85-,86-,87+/m0/s1. The molecule has 7 heterocycles. The van der Waals surface area contributed by atoms with E-state index in [2.05, 4.69) is 0 Å². The smallest absolute Gasteiger partial charge is 0.331 e. The largest absolute Gasteiger partial charge is 0.493 e. The van der Waals surface area contributed by atoms with Crippen molar-refractivity contribution in [3.8, 4) is 17.2 Å². The monoisotopic (exact) mass is 1880 g/mol. The molecule has 5 aliphatic carbocycles. The summed E-state index contributed by atoms with van der Waals surface area (Å²) in [6, 6.07) is 3.01. The molecule has 0 radical (unpaired) electrons. The normalized spacial score (nSPS) is 46.8. The molecule has 12 aliphatic rings. The molecule has 742 valence electrons. The molecule has 0 amide bonds. The lowest BCUT2D eigenvalue weighted by Crippen LogP contribution is -2.71. The summed E-state index contributed by atoms with van der Waals surface area (Å²) in [5.74, 6) is -7.67. The number of aliphatic carboxylic acids is 2. The maximum absolute atomic E-state index is 16.8. The lowest BCUT2D eigenvalue weighted by atomic mass is 9.33. The fourth-order valence-electron chi connectivity index (χ4n) is 22.8. The van der Waals surface area contributed by atoms with Gasteiger partial charge in [-0.3, -0.25) is 19.2 Å². The molecule has 7 aliphatic heterocycles. The fraction of sp³-hybridized carbons (Fsp3) is 0.828. The van der Waals surface area contributed by atoms with Crippen molar-refractivity contribution in [1.82, 2.24) is 0 Å². The predicted octanol–water partition coefficient (Wildman–Crippen LogP) is -4.10. The number of esters is 3. The van der Waals surface area contributed by atoms with Crippen LogP contribution in [-0.4, -0.2) is 401 Å². The Hall–Kier alpha value is -5.79. The third-order valence-corrected chi connectivity index (χ3v) is 30.2. The van der Waals surface area contributed by atoms with Crippen LogP contribution in [0.5, 0.6) is 17.2 Å². The van der Waals surface area contributed by atoms with E-state index in [1.54, 1.807) is 0 Å². The van der Waals surface area contributed by atoms with Gasteiger partial charge in [-0.05, 0) is 150 Å². The lowest BCUT2D eigenvalue weighted by molar-refractivity contribution is -0.398. The molecule has 7 saturated heterocycles. The molecule has 0 aromatic heterocycles. The Labute approximate surface area is 753 Å². The van der Waals surface area contributed by atoms with Gasteiger partial charge in [-0.2, -0.15) is 0 Å². The summed E-state index contributed by atoms with van der Waals surface area (Å²) in [5.41, 5.74) is -11.0. The first kappa shape index (κ1) is 103. The number of methoxy groups -OCH3 is 3. The Bertz CT molecular complexity index is 4200. The Morgan fingerprint density at radius 2 is 1.11 bits per heavy atom. The van der Waals surface area contributed by atoms with Crippen molar-refractivity contribution in [2.24, 2.45) is 50.2 Å². The zero-order valence-corrected chi connectivity index (χ0v) is 74.9. The number of aliphatic hydroxyl groups excluding tert-OH is 16. The number of fused-ring (bicyclic) bond motifs is 7. The van der Waals surface area contributed by atoms with Crippen LogP contribution in [0.15, 0.2) is 29.9 Å². The van der Waals surface area contributed by atoms with E-state index in [0.717, 1.165) is 13.0 Å². The van der Waals surface area contributed by atoms with Crippen LogP contribution < -0.4 is 14.2 Å². The van der Waals surface area contributed by atoms with Crippen LogP contribution in [0.1, 0.15) is 139 Å². The molecule has 1 aromatic carbocycles. The van der Waals surface area contributed by atoms with Crippen molar-refractivity contribution >= 4 is 35.9 Å². The van der Waals surface area contributed by atoms with Crippen LogP contribution in [-0.2, 0) is 99.8 Å². The number of rotatable bonds is 29. The number of hydrogen-bond donors (Lipinski definition) is 20. The number of allylic oxidation sites excluding steroid dienone is 1. The van der Waals surface area contributed by atoms with Crippen LogP contribution in [0.2, 0.25) is 0 Å². The third kappa shape index (κ3) is 19.3. The van der Waals surface area contributed by atoms with Gasteiger partial charge in [-0.1, -0.05) is 39.3 Å². The molecule has 13 rings (SSSR count). The van der Waals surface area contributed by atoms with Crippen LogP contribution in [0.25, 0.3) is 6.08 Å². The Morgan fingerprint density at radius 3 is 1.74 bits per heavy atom. The fourth-order valence-corrected chi connectivity index (χ4v) is 22.8. The van der Waals surface area contributed by atoms with Crippen LogP contribution >= 0.6 is 0 Å². The highest BCUT2D eigenvalue weighted by Gasteiger charge is 2.75. The number of aliphatic hydroxyl groups is 18. The second-order valence-electron chi connectivity index (χ2n) is 39.2.